The number of sulfone groups is 1. The summed E-state index contributed by atoms with van der Waals surface area (Å²) in [5.74, 6) is 1.25. The lowest BCUT2D eigenvalue weighted by Crippen LogP contribution is -2.32. The standard InChI is InChI=1S/C18H19N3O5S/c1-21(14-6-7-27(23,24)10-14)13-3-4-15(19-9-13)18(22)20-12-2-5-16-17(8-12)26-11-25-16/h2-5,8-9,14H,6-7,10-11H2,1H3,(H,20,22). The smallest absolute Gasteiger partial charge is 0.274 e. The molecule has 0 saturated carbocycles. The normalized spacial score (nSPS) is 19.7. The van der Waals surface area contributed by atoms with Gasteiger partial charge in [0.1, 0.15) is 5.69 Å². The molecule has 1 aromatic carbocycles. The summed E-state index contributed by atoms with van der Waals surface area (Å²) in [5.41, 5.74) is 1.63. The van der Waals surface area contributed by atoms with Crippen LogP contribution in [0, 0.1) is 0 Å². The number of benzene rings is 1. The maximum absolute atomic E-state index is 12.4. The molecular weight excluding hydrogens is 370 g/mol. The largest absolute Gasteiger partial charge is 0.454 e. The Bertz CT molecular complexity index is 975. The molecule has 1 saturated heterocycles. The fraction of sp³-hybridized carbons (Fsp3) is 0.333. The summed E-state index contributed by atoms with van der Waals surface area (Å²) in [6.07, 6.45) is 2.19. The molecule has 2 aliphatic rings. The van der Waals surface area contributed by atoms with Crippen molar-refractivity contribution in [2.45, 2.75) is 12.5 Å². The maximum Gasteiger partial charge on any atom is 0.274 e. The molecule has 4 rings (SSSR count). The van der Waals surface area contributed by atoms with Crippen molar-refractivity contribution in [3.63, 3.8) is 0 Å². The molecule has 8 nitrogen and oxygen atoms in total. The van der Waals surface area contributed by atoms with Gasteiger partial charge in [-0.25, -0.2) is 13.4 Å². The summed E-state index contributed by atoms with van der Waals surface area (Å²) in [6.45, 7) is 0.172. The fourth-order valence-corrected chi connectivity index (χ4v) is 4.96. The molecule has 27 heavy (non-hydrogen) atoms. The zero-order chi connectivity index (χ0) is 19.0. The molecule has 1 aromatic heterocycles. The van der Waals surface area contributed by atoms with Crippen molar-refractivity contribution in [1.29, 1.82) is 0 Å². The van der Waals surface area contributed by atoms with Gasteiger partial charge >= 0.3 is 0 Å². The molecular formula is C18H19N3O5S. The molecule has 0 radical (unpaired) electrons. The first kappa shape index (κ1) is 17.6. The molecule has 142 valence electrons. The number of fused-ring (bicyclic) bond motifs is 1. The zero-order valence-electron chi connectivity index (χ0n) is 14.7. The van der Waals surface area contributed by atoms with Gasteiger partial charge in [-0.1, -0.05) is 0 Å². The molecule has 3 heterocycles. The van der Waals surface area contributed by atoms with Gasteiger partial charge in [0.05, 0.1) is 23.4 Å². The number of anilines is 2. The Morgan fingerprint density at radius 2 is 2.04 bits per heavy atom. The fourth-order valence-electron chi connectivity index (χ4n) is 3.19. The number of hydrogen-bond acceptors (Lipinski definition) is 7. The van der Waals surface area contributed by atoms with Crippen LogP contribution in [0.4, 0.5) is 11.4 Å². The topological polar surface area (TPSA) is 97.8 Å². The summed E-state index contributed by atoms with van der Waals surface area (Å²) in [6, 6.07) is 8.49. The minimum absolute atomic E-state index is 0.0647. The van der Waals surface area contributed by atoms with Crippen LogP contribution in [0.1, 0.15) is 16.9 Å². The second-order valence-corrected chi connectivity index (χ2v) is 8.82. The van der Waals surface area contributed by atoms with E-state index in [1.165, 1.54) is 0 Å². The van der Waals surface area contributed by atoms with E-state index in [1.807, 2.05) is 11.9 Å². The number of ether oxygens (including phenoxy) is 2. The van der Waals surface area contributed by atoms with E-state index in [1.54, 1.807) is 36.5 Å². The quantitative estimate of drug-likeness (QED) is 0.850. The summed E-state index contributed by atoms with van der Waals surface area (Å²) in [5, 5.41) is 2.77. The Balaban J connectivity index is 1.43. The maximum atomic E-state index is 12.4. The van der Waals surface area contributed by atoms with Crippen LogP contribution >= 0.6 is 0 Å². The number of carbonyl (C=O) groups excluding carboxylic acids is 1. The molecule has 0 spiro atoms. The third-order valence-corrected chi connectivity index (χ3v) is 6.52. The summed E-state index contributed by atoms with van der Waals surface area (Å²) < 4.78 is 33.8. The first-order chi connectivity index (χ1) is 12.9. The lowest BCUT2D eigenvalue weighted by Gasteiger charge is -2.25. The van der Waals surface area contributed by atoms with E-state index in [0.717, 1.165) is 5.69 Å². The number of carbonyl (C=O) groups is 1. The molecule has 0 bridgehead atoms. The number of nitrogens with zero attached hydrogens (tertiary/aromatic N) is 2. The lowest BCUT2D eigenvalue weighted by atomic mass is 10.2. The zero-order valence-corrected chi connectivity index (χ0v) is 15.5. The van der Waals surface area contributed by atoms with Gasteiger partial charge < -0.3 is 19.7 Å². The van der Waals surface area contributed by atoms with Crippen LogP contribution in [-0.2, 0) is 9.84 Å². The molecule has 1 N–H and O–H groups in total. The average molecular weight is 389 g/mol. The molecule has 1 unspecified atom stereocenters. The van der Waals surface area contributed by atoms with Gasteiger partial charge in [0.15, 0.2) is 21.3 Å². The van der Waals surface area contributed by atoms with Gasteiger partial charge in [0.25, 0.3) is 5.91 Å². The second-order valence-electron chi connectivity index (χ2n) is 6.59. The number of rotatable bonds is 4. The van der Waals surface area contributed by atoms with E-state index in [0.29, 0.717) is 23.6 Å². The first-order valence-corrected chi connectivity index (χ1v) is 10.3. The van der Waals surface area contributed by atoms with Crippen LogP contribution in [0.3, 0.4) is 0 Å². The molecule has 0 aliphatic carbocycles. The minimum atomic E-state index is -2.95. The Morgan fingerprint density at radius 1 is 1.22 bits per heavy atom. The molecule has 9 heteroatoms. The summed E-state index contributed by atoms with van der Waals surface area (Å²) in [7, 11) is -1.11. The first-order valence-electron chi connectivity index (χ1n) is 8.52. The minimum Gasteiger partial charge on any atom is -0.454 e. The predicted molar refractivity (Wildman–Crippen MR) is 100 cm³/mol. The second kappa shape index (κ2) is 6.73. The molecule has 2 aliphatic heterocycles. The van der Waals surface area contributed by atoms with E-state index >= 15 is 0 Å². The van der Waals surface area contributed by atoms with Crippen molar-refractivity contribution < 1.29 is 22.7 Å². The third kappa shape index (κ3) is 3.68. The lowest BCUT2D eigenvalue weighted by molar-refractivity contribution is 0.102. The number of aromatic nitrogens is 1. The van der Waals surface area contributed by atoms with Crippen LogP contribution in [0.2, 0.25) is 0 Å². The number of hydrogen-bond donors (Lipinski definition) is 1. The highest BCUT2D eigenvalue weighted by Crippen LogP contribution is 2.34. The van der Waals surface area contributed by atoms with E-state index in [4.69, 9.17) is 9.47 Å². The Kier molecular flexibility index (Phi) is 4.39. The van der Waals surface area contributed by atoms with Crippen molar-refractivity contribution in [2.24, 2.45) is 0 Å². The average Bonchev–Trinajstić information content (AvgIpc) is 3.26. The Hall–Kier alpha value is -2.81. The highest BCUT2D eigenvalue weighted by molar-refractivity contribution is 7.91. The van der Waals surface area contributed by atoms with E-state index in [2.05, 4.69) is 10.3 Å². The number of nitrogens with one attached hydrogen (secondary N) is 1. The van der Waals surface area contributed by atoms with Gasteiger partial charge in [-0.05, 0) is 30.7 Å². The Morgan fingerprint density at radius 3 is 2.74 bits per heavy atom. The van der Waals surface area contributed by atoms with Crippen molar-refractivity contribution >= 4 is 27.1 Å². The van der Waals surface area contributed by atoms with Crippen LogP contribution < -0.4 is 19.7 Å². The number of pyridine rings is 1. The highest BCUT2D eigenvalue weighted by atomic mass is 32.2. The van der Waals surface area contributed by atoms with Crippen molar-refractivity contribution in [1.82, 2.24) is 4.98 Å². The van der Waals surface area contributed by atoms with E-state index in [9.17, 15) is 13.2 Å². The van der Waals surface area contributed by atoms with Crippen LogP contribution in [0.25, 0.3) is 0 Å². The van der Waals surface area contributed by atoms with Crippen LogP contribution in [0.15, 0.2) is 36.5 Å². The van der Waals surface area contributed by atoms with Gasteiger partial charge in [0, 0.05) is 24.8 Å². The summed E-state index contributed by atoms with van der Waals surface area (Å²) in [4.78, 5) is 18.5. The van der Waals surface area contributed by atoms with Crippen LogP contribution in [-0.4, -0.2) is 50.7 Å². The van der Waals surface area contributed by atoms with E-state index < -0.39 is 9.84 Å². The van der Waals surface area contributed by atoms with Crippen LogP contribution in [0.5, 0.6) is 11.5 Å². The monoisotopic (exact) mass is 389 g/mol. The van der Waals surface area contributed by atoms with E-state index in [-0.39, 0.29) is 35.9 Å². The summed E-state index contributed by atoms with van der Waals surface area (Å²) >= 11 is 0. The predicted octanol–water partition coefficient (Wildman–Crippen LogP) is 1.69. The van der Waals surface area contributed by atoms with Gasteiger partial charge in [-0.15, -0.1) is 0 Å². The van der Waals surface area contributed by atoms with Gasteiger partial charge in [-0.2, -0.15) is 0 Å². The third-order valence-electron chi connectivity index (χ3n) is 4.77. The molecule has 1 fully saturated rings. The molecule has 1 atom stereocenters. The highest BCUT2D eigenvalue weighted by Gasteiger charge is 2.31. The van der Waals surface area contributed by atoms with Gasteiger partial charge in [0.2, 0.25) is 6.79 Å². The van der Waals surface area contributed by atoms with Crippen molar-refractivity contribution in [2.75, 3.05) is 35.6 Å². The van der Waals surface area contributed by atoms with Crippen molar-refractivity contribution in [3.8, 4) is 11.5 Å². The SMILES string of the molecule is CN(c1ccc(C(=O)Nc2ccc3c(c2)OCO3)nc1)C1CCS(=O)(=O)C1. The molecule has 2 aromatic rings. The number of amides is 1. The van der Waals surface area contributed by atoms with Gasteiger partial charge in [-0.3, -0.25) is 4.79 Å². The molecule has 1 amide bonds. The van der Waals surface area contributed by atoms with Crippen molar-refractivity contribution in [3.05, 3.63) is 42.2 Å². The Labute approximate surface area is 157 Å².